The minimum absolute atomic E-state index is 0.165. The zero-order valence-corrected chi connectivity index (χ0v) is 21.7. The van der Waals surface area contributed by atoms with Gasteiger partial charge in [-0.15, -0.1) is 0 Å². The summed E-state index contributed by atoms with van der Waals surface area (Å²) in [5, 5.41) is 16.1. The Balaban J connectivity index is 1.62. The first kappa shape index (κ1) is 22.5. The molecule has 0 bridgehead atoms. The number of aliphatic imine (C=N–C) groups is 1. The molecule has 0 spiro atoms. The van der Waals surface area contributed by atoms with Crippen molar-refractivity contribution in [3.8, 4) is 5.69 Å². The van der Waals surface area contributed by atoms with Crippen molar-refractivity contribution in [2.75, 3.05) is 0 Å². The molecule has 2 aromatic heterocycles. The van der Waals surface area contributed by atoms with Crippen molar-refractivity contribution in [2.45, 2.75) is 0 Å². The molecule has 188 valence electrons. The number of hydrogen-bond donors (Lipinski definition) is 1. The summed E-state index contributed by atoms with van der Waals surface area (Å²) in [6, 6.07) is 36.1. The lowest BCUT2D eigenvalue weighted by molar-refractivity contribution is 1.18. The van der Waals surface area contributed by atoms with Gasteiger partial charge in [-0.05, 0) is 35.9 Å². The maximum atomic E-state index is 9.29. The molecule has 40 heavy (non-hydrogen) atoms. The number of para-hydroxylation sites is 3. The van der Waals surface area contributed by atoms with Crippen LogP contribution in [0.25, 0.3) is 60.1 Å². The summed E-state index contributed by atoms with van der Waals surface area (Å²) in [6.45, 7) is 4.13. The van der Waals surface area contributed by atoms with Gasteiger partial charge in [-0.3, -0.25) is 9.98 Å². The largest absolute Gasteiger partial charge is 0.309 e. The van der Waals surface area contributed by atoms with Crippen molar-refractivity contribution >= 4 is 66.1 Å². The Morgan fingerprint density at radius 3 is 1.88 bits per heavy atom. The smallest absolute Gasteiger partial charge is 0.227 e. The fraction of sp³-hybridized carbons (Fsp3) is 0. The molecule has 0 saturated carbocycles. The van der Waals surface area contributed by atoms with Crippen LogP contribution in [0.3, 0.4) is 0 Å². The Labute approximate surface area is 230 Å². The second-order valence-electron chi connectivity index (χ2n) is 10.1. The van der Waals surface area contributed by atoms with Gasteiger partial charge < -0.3 is 4.57 Å². The fourth-order valence-electron chi connectivity index (χ4n) is 6.24. The van der Waals surface area contributed by atoms with E-state index in [9.17, 15) is 5.41 Å². The number of allylic oxidation sites excluding steroid dienone is 5. The standard InChI is InChI=1S/C36H24N4/c1-23-13-5-10-20-29(23)38-36(37)40-31-22-12-9-19-28(31)33-32-27-18-8-11-21-30(27)39(24-14-3-2-4-15-24)34(32)25-16-6-7-17-26(25)35(33)40/h2-22,37H,1H2/b37-36?,38-29-. The zero-order valence-electron chi connectivity index (χ0n) is 21.7. The van der Waals surface area contributed by atoms with Crippen molar-refractivity contribution in [1.29, 1.82) is 5.41 Å². The van der Waals surface area contributed by atoms with Crippen LogP contribution >= 0.6 is 0 Å². The van der Waals surface area contributed by atoms with Gasteiger partial charge in [0.2, 0.25) is 5.96 Å². The van der Waals surface area contributed by atoms with Crippen molar-refractivity contribution in [1.82, 2.24) is 9.13 Å². The molecule has 1 N–H and O–H groups in total. The van der Waals surface area contributed by atoms with E-state index in [1.54, 1.807) is 0 Å². The predicted molar refractivity (Wildman–Crippen MR) is 169 cm³/mol. The third-order valence-electron chi connectivity index (χ3n) is 7.88. The van der Waals surface area contributed by atoms with Crippen LogP contribution in [-0.4, -0.2) is 20.8 Å². The average Bonchev–Trinajstić information content (AvgIpc) is 3.53. The minimum atomic E-state index is 0.165. The van der Waals surface area contributed by atoms with E-state index in [-0.39, 0.29) is 5.96 Å². The minimum Gasteiger partial charge on any atom is -0.309 e. The molecule has 1 aliphatic rings. The molecule has 2 heterocycles. The zero-order chi connectivity index (χ0) is 26.8. The van der Waals surface area contributed by atoms with Crippen LogP contribution in [0.15, 0.2) is 145 Å². The summed E-state index contributed by atoms with van der Waals surface area (Å²) in [6.07, 6.45) is 7.71. The van der Waals surface area contributed by atoms with Gasteiger partial charge in [0, 0.05) is 38.0 Å². The lowest BCUT2D eigenvalue weighted by Gasteiger charge is -2.13. The van der Waals surface area contributed by atoms with Gasteiger partial charge in [0.05, 0.1) is 27.8 Å². The summed E-state index contributed by atoms with van der Waals surface area (Å²) in [5.41, 5.74) is 6.90. The van der Waals surface area contributed by atoms with E-state index in [4.69, 9.17) is 4.99 Å². The molecule has 1 aliphatic carbocycles. The molecular formula is C36H24N4. The highest BCUT2D eigenvalue weighted by atomic mass is 15.2. The van der Waals surface area contributed by atoms with Gasteiger partial charge in [-0.25, -0.2) is 4.99 Å². The monoisotopic (exact) mass is 512 g/mol. The maximum absolute atomic E-state index is 9.29. The van der Waals surface area contributed by atoms with Crippen LogP contribution in [0.2, 0.25) is 0 Å². The first-order chi connectivity index (χ1) is 19.7. The van der Waals surface area contributed by atoms with Gasteiger partial charge in [-0.1, -0.05) is 104 Å². The normalized spacial score (nSPS) is 14.5. The number of benzene rings is 5. The average molecular weight is 513 g/mol. The summed E-state index contributed by atoms with van der Waals surface area (Å²) in [5.74, 6) is 0.165. The van der Waals surface area contributed by atoms with Crippen LogP contribution in [-0.2, 0) is 0 Å². The number of hydrogen-bond acceptors (Lipinski definition) is 1. The Bertz CT molecular complexity index is 2290. The quantitative estimate of drug-likeness (QED) is 0.169. The van der Waals surface area contributed by atoms with E-state index in [0.717, 1.165) is 49.4 Å². The number of fused-ring (bicyclic) bond motifs is 10. The van der Waals surface area contributed by atoms with Gasteiger partial charge in [0.25, 0.3) is 0 Å². The predicted octanol–water partition coefficient (Wildman–Crippen LogP) is 8.95. The first-order valence-electron chi connectivity index (χ1n) is 13.4. The molecule has 0 saturated heterocycles. The topological polar surface area (TPSA) is 46.1 Å². The van der Waals surface area contributed by atoms with Crippen molar-refractivity contribution in [3.63, 3.8) is 0 Å². The number of aromatic nitrogens is 2. The van der Waals surface area contributed by atoms with Crippen LogP contribution in [0.5, 0.6) is 0 Å². The Hall–Kier alpha value is -5.48. The Kier molecular flexibility index (Phi) is 4.79. The molecule has 5 aromatic carbocycles. The van der Waals surface area contributed by atoms with Gasteiger partial charge in [-0.2, -0.15) is 0 Å². The van der Waals surface area contributed by atoms with E-state index in [0.29, 0.717) is 5.71 Å². The van der Waals surface area contributed by atoms with E-state index < -0.39 is 0 Å². The molecule has 4 nitrogen and oxygen atoms in total. The van der Waals surface area contributed by atoms with Crippen LogP contribution in [0.4, 0.5) is 0 Å². The number of nitrogens with zero attached hydrogens (tertiary/aromatic N) is 3. The first-order valence-corrected chi connectivity index (χ1v) is 13.4. The summed E-state index contributed by atoms with van der Waals surface area (Å²) in [4.78, 5) is 4.78. The molecule has 0 radical (unpaired) electrons. The van der Waals surface area contributed by atoms with Crippen molar-refractivity contribution in [2.24, 2.45) is 4.99 Å². The summed E-state index contributed by atoms with van der Waals surface area (Å²) >= 11 is 0. The van der Waals surface area contributed by atoms with E-state index in [1.165, 1.54) is 16.3 Å². The molecule has 4 heteroatoms. The molecule has 0 unspecified atom stereocenters. The molecule has 0 fully saturated rings. The van der Waals surface area contributed by atoms with Gasteiger partial charge >= 0.3 is 0 Å². The highest BCUT2D eigenvalue weighted by Crippen LogP contribution is 2.45. The highest BCUT2D eigenvalue weighted by molar-refractivity contribution is 6.38. The second kappa shape index (κ2) is 8.52. The Morgan fingerprint density at radius 1 is 0.600 bits per heavy atom. The van der Waals surface area contributed by atoms with Gasteiger partial charge in [0.15, 0.2) is 0 Å². The molecule has 0 atom stereocenters. The maximum Gasteiger partial charge on any atom is 0.227 e. The van der Waals surface area contributed by atoms with Crippen LogP contribution < -0.4 is 0 Å². The molecule has 0 amide bonds. The van der Waals surface area contributed by atoms with Crippen LogP contribution in [0.1, 0.15) is 0 Å². The molecule has 7 aromatic rings. The van der Waals surface area contributed by atoms with Crippen molar-refractivity contribution < 1.29 is 0 Å². The highest BCUT2D eigenvalue weighted by Gasteiger charge is 2.24. The number of nitrogens with one attached hydrogen (secondary N) is 1. The lowest BCUT2D eigenvalue weighted by Crippen LogP contribution is -2.12. The van der Waals surface area contributed by atoms with Crippen LogP contribution in [0, 0.1) is 5.41 Å². The Morgan fingerprint density at radius 2 is 1.15 bits per heavy atom. The fourth-order valence-corrected chi connectivity index (χ4v) is 6.24. The number of rotatable bonds is 1. The van der Waals surface area contributed by atoms with Gasteiger partial charge in [0.1, 0.15) is 0 Å². The molecule has 0 aliphatic heterocycles. The second-order valence-corrected chi connectivity index (χ2v) is 10.1. The molecular weight excluding hydrogens is 488 g/mol. The SMILES string of the molecule is C=C1C=CC=C/C1=N/C(=N)n1c2ccccc2c2c3c4ccccc4n(-c4ccccc4)c3c3ccccc3c21. The summed E-state index contributed by atoms with van der Waals surface area (Å²) < 4.78 is 4.39. The molecule has 8 rings (SSSR count). The lowest BCUT2D eigenvalue weighted by atomic mass is 9.99. The summed E-state index contributed by atoms with van der Waals surface area (Å²) in [7, 11) is 0. The van der Waals surface area contributed by atoms with E-state index in [2.05, 4.69) is 108 Å². The third kappa shape index (κ3) is 3.07. The van der Waals surface area contributed by atoms with E-state index in [1.807, 2.05) is 34.9 Å². The van der Waals surface area contributed by atoms with Crippen molar-refractivity contribution in [3.05, 3.63) is 140 Å². The third-order valence-corrected chi connectivity index (χ3v) is 7.88. The van der Waals surface area contributed by atoms with E-state index >= 15 is 0 Å².